The molecule has 2 N–H and O–H groups in total. The molecule has 6 heteroatoms. The summed E-state index contributed by atoms with van der Waals surface area (Å²) in [6.07, 6.45) is 1.19. The summed E-state index contributed by atoms with van der Waals surface area (Å²) in [4.78, 5) is 17.1. The molecule has 0 fully saturated rings. The van der Waals surface area contributed by atoms with Gasteiger partial charge in [0.1, 0.15) is 11.4 Å². The molecule has 0 aliphatic carbocycles. The number of thiophene rings is 1. The van der Waals surface area contributed by atoms with Gasteiger partial charge in [0.25, 0.3) is 0 Å². The van der Waals surface area contributed by atoms with Crippen molar-refractivity contribution < 1.29 is 9.53 Å². The third-order valence-corrected chi connectivity index (χ3v) is 3.84. The number of aryl methyl sites for hydroxylation is 1. The zero-order valence-corrected chi connectivity index (χ0v) is 14.1. The molecule has 0 saturated heterocycles. The third kappa shape index (κ3) is 5.04. The molecule has 0 atom stereocenters. The van der Waals surface area contributed by atoms with Gasteiger partial charge >= 0.3 is 6.09 Å². The molecule has 1 amide bonds. The van der Waals surface area contributed by atoms with Gasteiger partial charge in [-0.25, -0.2) is 9.78 Å². The predicted octanol–water partition coefficient (Wildman–Crippen LogP) is 4.41. The molecule has 5 nitrogen and oxygen atoms in total. The van der Waals surface area contributed by atoms with Gasteiger partial charge < -0.3 is 10.1 Å². The fourth-order valence-corrected chi connectivity index (χ4v) is 2.59. The molecule has 22 heavy (non-hydrogen) atoms. The number of hydrogen-bond acceptors (Lipinski definition) is 5. The molecule has 2 aromatic rings. The number of aromatic nitrogens is 1. The number of pyridine rings is 1. The lowest BCUT2D eigenvalue weighted by Gasteiger charge is -2.19. The Kier molecular flexibility index (Phi) is 5.03. The normalized spacial score (nSPS) is 11.1. The molecule has 0 radical (unpaired) electrons. The highest BCUT2D eigenvalue weighted by Crippen LogP contribution is 2.18. The van der Waals surface area contributed by atoms with Crippen LogP contribution in [0.3, 0.4) is 0 Å². The lowest BCUT2D eigenvalue weighted by atomic mass is 10.2. The van der Waals surface area contributed by atoms with Gasteiger partial charge in [-0.3, -0.25) is 5.32 Å². The lowest BCUT2D eigenvalue weighted by Crippen LogP contribution is -2.27. The molecule has 118 valence electrons. The predicted molar refractivity (Wildman–Crippen MR) is 90.5 cm³/mol. The van der Waals surface area contributed by atoms with Crippen molar-refractivity contribution in [3.05, 3.63) is 40.2 Å². The van der Waals surface area contributed by atoms with E-state index in [1.165, 1.54) is 10.4 Å². The van der Waals surface area contributed by atoms with E-state index >= 15 is 0 Å². The fourth-order valence-electron chi connectivity index (χ4n) is 1.75. The zero-order valence-electron chi connectivity index (χ0n) is 13.3. The molecule has 0 aliphatic heterocycles. The van der Waals surface area contributed by atoms with Crippen LogP contribution in [0.15, 0.2) is 29.8 Å². The van der Waals surface area contributed by atoms with Crippen LogP contribution in [0.5, 0.6) is 0 Å². The zero-order chi connectivity index (χ0) is 16.2. The van der Waals surface area contributed by atoms with Crippen LogP contribution in [-0.2, 0) is 11.3 Å². The Balaban J connectivity index is 1.87. The second kappa shape index (κ2) is 6.79. The van der Waals surface area contributed by atoms with Crippen molar-refractivity contribution in [2.45, 2.75) is 39.8 Å². The van der Waals surface area contributed by atoms with E-state index in [-0.39, 0.29) is 0 Å². The summed E-state index contributed by atoms with van der Waals surface area (Å²) in [6.45, 7) is 8.32. The topological polar surface area (TPSA) is 63.2 Å². The molecule has 0 aromatic carbocycles. The van der Waals surface area contributed by atoms with Crippen LogP contribution >= 0.6 is 11.3 Å². The van der Waals surface area contributed by atoms with E-state index in [9.17, 15) is 4.79 Å². The SMILES string of the molecule is Cc1ccsc1CNc1ccc(NC(=O)OC(C)(C)C)nc1. The van der Waals surface area contributed by atoms with Crippen molar-refractivity contribution in [1.82, 2.24) is 4.98 Å². The third-order valence-electron chi connectivity index (χ3n) is 2.81. The average Bonchev–Trinajstić information content (AvgIpc) is 2.81. The van der Waals surface area contributed by atoms with E-state index in [0.29, 0.717) is 5.82 Å². The van der Waals surface area contributed by atoms with Crippen molar-refractivity contribution in [3.8, 4) is 0 Å². The van der Waals surface area contributed by atoms with Gasteiger partial charge in [0.15, 0.2) is 0 Å². The van der Waals surface area contributed by atoms with E-state index in [4.69, 9.17) is 4.74 Å². The lowest BCUT2D eigenvalue weighted by molar-refractivity contribution is 0.0635. The van der Waals surface area contributed by atoms with Gasteiger partial charge in [0.05, 0.1) is 11.9 Å². The molecule has 0 spiro atoms. The van der Waals surface area contributed by atoms with E-state index in [0.717, 1.165) is 12.2 Å². The Bertz CT molecular complexity index is 630. The molecule has 2 heterocycles. The Morgan fingerprint density at radius 1 is 1.32 bits per heavy atom. The Labute approximate surface area is 134 Å². The number of anilines is 2. The molecule has 0 aliphatic rings. The highest BCUT2D eigenvalue weighted by molar-refractivity contribution is 7.10. The maximum atomic E-state index is 11.6. The number of carbonyl (C=O) groups is 1. The van der Waals surface area contributed by atoms with Crippen molar-refractivity contribution in [1.29, 1.82) is 0 Å². The molecule has 2 aromatic heterocycles. The van der Waals surface area contributed by atoms with Gasteiger partial charge in [-0.15, -0.1) is 11.3 Å². The van der Waals surface area contributed by atoms with E-state index < -0.39 is 11.7 Å². The first-order chi connectivity index (χ1) is 10.3. The second-order valence-electron chi connectivity index (χ2n) is 5.94. The first kappa shape index (κ1) is 16.3. The number of nitrogens with one attached hydrogen (secondary N) is 2. The maximum absolute atomic E-state index is 11.6. The molecule has 0 bridgehead atoms. The first-order valence-corrected chi connectivity index (χ1v) is 7.94. The van der Waals surface area contributed by atoms with E-state index in [1.54, 1.807) is 23.6 Å². The van der Waals surface area contributed by atoms with Crippen LogP contribution in [0.25, 0.3) is 0 Å². The standard InChI is InChI=1S/C16H21N3O2S/c1-11-7-8-22-13(11)10-17-12-5-6-14(18-9-12)19-15(20)21-16(2,3)4/h5-9,17H,10H2,1-4H3,(H,18,19,20). The summed E-state index contributed by atoms with van der Waals surface area (Å²) in [7, 11) is 0. The Hall–Kier alpha value is -2.08. The summed E-state index contributed by atoms with van der Waals surface area (Å²) in [5.41, 5.74) is 1.67. The van der Waals surface area contributed by atoms with Crippen LogP contribution in [-0.4, -0.2) is 16.7 Å². The quantitative estimate of drug-likeness (QED) is 0.876. The highest BCUT2D eigenvalue weighted by Gasteiger charge is 2.16. The van der Waals surface area contributed by atoms with E-state index in [1.807, 2.05) is 26.8 Å². The van der Waals surface area contributed by atoms with Crippen LogP contribution in [0.2, 0.25) is 0 Å². The molecule has 0 unspecified atom stereocenters. The smallest absolute Gasteiger partial charge is 0.413 e. The highest BCUT2D eigenvalue weighted by atomic mass is 32.1. The maximum Gasteiger partial charge on any atom is 0.413 e. The van der Waals surface area contributed by atoms with Crippen molar-refractivity contribution in [2.75, 3.05) is 10.6 Å². The van der Waals surface area contributed by atoms with Gasteiger partial charge in [-0.2, -0.15) is 0 Å². The largest absolute Gasteiger partial charge is 0.444 e. The van der Waals surface area contributed by atoms with Crippen LogP contribution in [0, 0.1) is 6.92 Å². The van der Waals surface area contributed by atoms with Gasteiger partial charge in [0, 0.05) is 11.4 Å². The molecular weight excluding hydrogens is 298 g/mol. The number of amides is 1. The van der Waals surface area contributed by atoms with Crippen LogP contribution in [0.4, 0.5) is 16.3 Å². The molecule has 0 saturated carbocycles. The number of carbonyl (C=O) groups excluding carboxylic acids is 1. The number of rotatable bonds is 4. The molecular formula is C16H21N3O2S. The number of ether oxygens (including phenoxy) is 1. The fraction of sp³-hybridized carbons (Fsp3) is 0.375. The summed E-state index contributed by atoms with van der Waals surface area (Å²) >= 11 is 1.73. The Morgan fingerprint density at radius 2 is 2.09 bits per heavy atom. The summed E-state index contributed by atoms with van der Waals surface area (Å²) < 4.78 is 5.18. The first-order valence-electron chi connectivity index (χ1n) is 7.06. The minimum atomic E-state index is -0.524. The monoisotopic (exact) mass is 319 g/mol. The average molecular weight is 319 g/mol. The van der Waals surface area contributed by atoms with Gasteiger partial charge in [-0.1, -0.05) is 0 Å². The van der Waals surface area contributed by atoms with Crippen LogP contribution < -0.4 is 10.6 Å². The minimum Gasteiger partial charge on any atom is -0.444 e. The van der Waals surface area contributed by atoms with Crippen LogP contribution in [0.1, 0.15) is 31.2 Å². The van der Waals surface area contributed by atoms with Gasteiger partial charge in [0.2, 0.25) is 0 Å². The van der Waals surface area contributed by atoms with Crippen molar-refractivity contribution in [3.63, 3.8) is 0 Å². The summed E-state index contributed by atoms with van der Waals surface area (Å²) in [6, 6.07) is 5.73. The van der Waals surface area contributed by atoms with Crippen molar-refractivity contribution in [2.24, 2.45) is 0 Å². The molecule has 2 rings (SSSR count). The van der Waals surface area contributed by atoms with Crippen molar-refractivity contribution >= 4 is 28.9 Å². The summed E-state index contributed by atoms with van der Waals surface area (Å²) in [5.74, 6) is 0.465. The minimum absolute atomic E-state index is 0.465. The summed E-state index contributed by atoms with van der Waals surface area (Å²) in [5, 5.41) is 8.00. The van der Waals surface area contributed by atoms with Gasteiger partial charge in [-0.05, 0) is 56.8 Å². The second-order valence-corrected chi connectivity index (χ2v) is 6.94. The Morgan fingerprint density at radius 3 is 2.64 bits per heavy atom. The number of nitrogens with zero attached hydrogens (tertiary/aromatic N) is 1. The van der Waals surface area contributed by atoms with E-state index in [2.05, 4.69) is 34.0 Å². The number of hydrogen-bond donors (Lipinski definition) is 2.